The average molecular weight is 425 g/mol. The average Bonchev–Trinajstić information content (AvgIpc) is 3.21. The lowest BCUT2D eigenvalue weighted by Crippen LogP contribution is -2.42. The standard InChI is InChI=1S/C23H25ClN4O2/c1-16-7-2-3-8-17(16)13-25-23(29)18-9-6-12-28(14-18)15-21-26-22(27-30-21)19-10-4-5-11-20(19)24/h2-5,7-8,10-11,18H,6,9,12-15H2,1H3,(H,25,29). The number of nitrogens with zero attached hydrogens (tertiary/aromatic N) is 3. The molecule has 2 aromatic carbocycles. The topological polar surface area (TPSA) is 71.3 Å². The Balaban J connectivity index is 1.33. The zero-order valence-electron chi connectivity index (χ0n) is 17.0. The van der Waals surface area contributed by atoms with Gasteiger partial charge in [0.25, 0.3) is 0 Å². The molecule has 0 radical (unpaired) electrons. The second-order valence-electron chi connectivity index (χ2n) is 7.71. The van der Waals surface area contributed by atoms with Crippen molar-refractivity contribution < 1.29 is 9.32 Å². The molecule has 7 heteroatoms. The van der Waals surface area contributed by atoms with E-state index in [9.17, 15) is 4.79 Å². The van der Waals surface area contributed by atoms with Crippen LogP contribution in [0.1, 0.15) is 29.9 Å². The molecule has 3 aromatic rings. The quantitative estimate of drug-likeness (QED) is 0.641. The molecular weight excluding hydrogens is 400 g/mol. The molecule has 1 aliphatic rings. The maximum atomic E-state index is 12.7. The summed E-state index contributed by atoms with van der Waals surface area (Å²) in [4.78, 5) is 19.4. The Labute approximate surface area is 181 Å². The molecule has 156 valence electrons. The summed E-state index contributed by atoms with van der Waals surface area (Å²) >= 11 is 6.22. The Morgan fingerprint density at radius 3 is 2.87 bits per heavy atom. The largest absolute Gasteiger partial charge is 0.352 e. The monoisotopic (exact) mass is 424 g/mol. The first kappa shape index (κ1) is 20.6. The van der Waals surface area contributed by atoms with Crippen LogP contribution in [0.5, 0.6) is 0 Å². The van der Waals surface area contributed by atoms with Crippen LogP contribution in [0.25, 0.3) is 11.4 Å². The third-order valence-electron chi connectivity index (χ3n) is 5.53. The van der Waals surface area contributed by atoms with Gasteiger partial charge in [-0.1, -0.05) is 53.2 Å². The van der Waals surface area contributed by atoms with Gasteiger partial charge in [-0.3, -0.25) is 9.69 Å². The first-order valence-electron chi connectivity index (χ1n) is 10.2. The lowest BCUT2D eigenvalue weighted by molar-refractivity contribution is -0.127. The summed E-state index contributed by atoms with van der Waals surface area (Å²) in [5, 5.41) is 7.75. The van der Waals surface area contributed by atoms with Gasteiger partial charge in [-0.15, -0.1) is 0 Å². The van der Waals surface area contributed by atoms with E-state index in [2.05, 4.69) is 39.4 Å². The van der Waals surface area contributed by atoms with Crippen molar-refractivity contribution in [2.45, 2.75) is 32.9 Å². The fourth-order valence-electron chi connectivity index (χ4n) is 3.81. The van der Waals surface area contributed by atoms with Gasteiger partial charge in [0, 0.05) is 18.7 Å². The minimum atomic E-state index is -0.0336. The van der Waals surface area contributed by atoms with Crippen molar-refractivity contribution in [3.8, 4) is 11.4 Å². The van der Waals surface area contributed by atoms with Crippen LogP contribution >= 0.6 is 11.6 Å². The van der Waals surface area contributed by atoms with Gasteiger partial charge < -0.3 is 9.84 Å². The molecule has 2 heterocycles. The van der Waals surface area contributed by atoms with Crippen molar-refractivity contribution in [2.24, 2.45) is 5.92 Å². The van der Waals surface area contributed by atoms with E-state index in [1.165, 1.54) is 5.56 Å². The number of hydrogen-bond donors (Lipinski definition) is 1. The van der Waals surface area contributed by atoms with Crippen molar-refractivity contribution in [1.29, 1.82) is 0 Å². The molecule has 1 aromatic heterocycles. The maximum Gasteiger partial charge on any atom is 0.241 e. The SMILES string of the molecule is Cc1ccccc1CNC(=O)C1CCCN(Cc2nc(-c3ccccc3Cl)no2)C1. The number of halogens is 1. The first-order chi connectivity index (χ1) is 14.6. The molecule has 4 rings (SSSR count). The summed E-state index contributed by atoms with van der Waals surface area (Å²) in [6, 6.07) is 15.5. The van der Waals surface area contributed by atoms with E-state index in [1.54, 1.807) is 6.07 Å². The number of aryl methyl sites for hydroxylation is 1. The highest BCUT2D eigenvalue weighted by Gasteiger charge is 2.27. The van der Waals surface area contributed by atoms with E-state index in [0.717, 1.165) is 30.5 Å². The van der Waals surface area contributed by atoms with Crippen molar-refractivity contribution in [3.05, 3.63) is 70.6 Å². The van der Waals surface area contributed by atoms with Crippen molar-refractivity contribution >= 4 is 17.5 Å². The lowest BCUT2D eigenvalue weighted by Gasteiger charge is -2.30. The molecule has 0 spiro atoms. The molecule has 1 unspecified atom stereocenters. The molecule has 1 N–H and O–H groups in total. The molecule has 1 fully saturated rings. The highest BCUT2D eigenvalue weighted by molar-refractivity contribution is 6.33. The molecule has 1 atom stereocenters. The molecule has 0 bridgehead atoms. The molecule has 1 saturated heterocycles. The van der Waals surface area contributed by atoms with E-state index in [1.807, 2.05) is 30.3 Å². The molecule has 30 heavy (non-hydrogen) atoms. The zero-order chi connectivity index (χ0) is 20.9. The van der Waals surface area contributed by atoms with Gasteiger partial charge in [0.2, 0.25) is 17.6 Å². The van der Waals surface area contributed by atoms with Gasteiger partial charge in [0.15, 0.2) is 0 Å². The number of nitrogens with one attached hydrogen (secondary N) is 1. The fourth-order valence-corrected chi connectivity index (χ4v) is 4.03. The Morgan fingerprint density at radius 1 is 1.23 bits per heavy atom. The summed E-state index contributed by atoms with van der Waals surface area (Å²) < 4.78 is 5.43. The van der Waals surface area contributed by atoms with Crippen LogP contribution in [0.4, 0.5) is 0 Å². The lowest BCUT2D eigenvalue weighted by atomic mass is 9.97. The third kappa shape index (κ3) is 4.89. The summed E-state index contributed by atoms with van der Waals surface area (Å²) in [5.41, 5.74) is 3.09. The van der Waals surface area contributed by atoms with Crippen LogP contribution in [0.2, 0.25) is 5.02 Å². The Bertz CT molecular complexity index is 1020. The van der Waals surface area contributed by atoms with E-state index in [0.29, 0.717) is 36.4 Å². The van der Waals surface area contributed by atoms with E-state index >= 15 is 0 Å². The van der Waals surface area contributed by atoms with Crippen LogP contribution in [0.3, 0.4) is 0 Å². The second-order valence-corrected chi connectivity index (χ2v) is 8.12. The Hall–Kier alpha value is -2.70. The molecule has 0 saturated carbocycles. The number of hydrogen-bond acceptors (Lipinski definition) is 5. The number of carbonyl (C=O) groups is 1. The first-order valence-corrected chi connectivity index (χ1v) is 10.6. The van der Waals surface area contributed by atoms with Gasteiger partial charge in [0.05, 0.1) is 17.5 Å². The van der Waals surface area contributed by atoms with E-state index in [4.69, 9.17) is 16.1 Å². The number of carbonyl (C=O) groups excluding carboxylic acids is 1. The number of rotatable bonds is 6. The number of likely N-dealkylation sites (tertiary alicyclic amines) is 1. The van der Waals surface area contributed by atoms with Crippen molar-refractivity contribution in [3.63, 3.8) is 0 Å². The van der Waals surface area contributed by atoms with Crippen LogP contribution in [0, 0.1) is 12.8 Å². The van der Waals surface area contributed by atoms with E-state index < -0.39 is 0 Å². The second kappa shape index (κ2) is 9.41. The third-order valence-corrected chi connectivity index (χ3v) is 5.86. The zero-order valence-corrected chi connectivity index (χ0v) is 17.7. The van der Waals surface area contributed by atoms with Gasteiger partial charge in [-0.2, -0.15) is 4.98 Å². The Morgan fingerprint density at radius 2 is 2.03 bits per heavy atom. The summed E-state index contributed by atoms with van der Waals surface area (Å²) in [6.45, 7) is 4.74. The minimum Gasteiger partial charge on any atom is -0.352 e. The summed E-state index contributed by atoms with van der Waals surface area (Å²) in [6.07, 6.45) is 1.86. The molecule has 6 nitrogen and oxygen atoms in total. The number of amides is 1. The van der Waals surface area contributed by atoms with E-state index in [-0.39, 0.29) is 11.8 Å². The highest BCUT2D eigenvalue weighted by Crippen LogP contribution is 2.25. The predicted octanol–water partition coefficient (Wildman–Crippen LogP) is 4.23. The van der Waals surface area contributed by atoms with Crippen LogP contribution < -0.4 is 5.32 Å². The minimum absolute atomic E-state index is 0.0336. The molecule has 1 amide bonds. The van der Waals surface area contributed by atoms with Gasteiger partial charge in [-0.05, 0) is 49.6 Å². The van der Waals surface area contributed by atoms with Crippen molar-refractivity contribution in [2.75, 3.05) is 13.1 Å². The number of piperidine rings is 1. The highest BCUT2D eigenvalue weighted by atomic mass is 35.5. The van der Waals surface area contributed by atoms with Gasteiger partial charge in [-0.25, -0.2) is 0 Å². The van der Waals surface area contributed by atoms with Gasteiger partial charge in [0.1, 0.15) is 0 Å². The summed E-state index contributed by atoms with van der Waals surface area (Å²) in [7, 11) is 0. The van der Waals surface area contributed by atoms with Crippen LogP contribution in [-0.2, 0) is 17.9 Å². The summed E-state index contributed by atoms with van der Waals surface area (Å²) in [5.74, 6) is 1.09. The maximum absolute atomic E-state index is 12.7. The van der Waals surface area contributed by atoms with Crippen LogP contribution in [-0.4, -0.2) is 34.0 Å². The Kier molecular flexibility index (Phi) is 6.45. The van der Waals surface area contributed by atoms with Crippen LogP contribution in [0.15, 0.2) is 53.1 Å². The fraction of sp³-hybridized carbons (Fsp3) is 0.348. The van der Waals surface area contributed by atoms with Gasteiger partial charge >= 0.3 is 0 Å². The normalized spacial score (nSPS) is 17.1. The number of benzene rings is 2. The smallest absolute Gasteiger partial charge is 0.241 e. The molecule has 1 aliphatic heterocycles. The number of aromatic nitrogens is 2. The van der Waals surface area contributed by atoms with Crippen molar-refractivity contribution in [1.82, 2.24) is 20.4 Å². The molecule has 0 aliphatic carbocycles. The molecular formula is C23H25ClN4O2. The predicted molar refractivity (Wildman–Crippen MR) is 116 cm³/mol.